The Balaban J connectivity index is 3.01. The summed E-state index contributed by atoms with van der Waals surface area (Å²) < 4.78 is 38.0. The van der Waals surface area contributed by atoms with Gasteiger partial charge >= 0.3 is 0 Å². The Labute approximate surface area is 165 Å². The van der Waals surface area contributed by atoms with Gasteiger partial charge in [-0.05, 0) is 19.8 Å². The standard InChI is InChI=1S/C20H42O7/c1-5-20(4)18-26-15-14-24-11-10-22-7-6-21-8-9-23-12-13-25-16-17-27-19(2)3/h19-20H,5-18H2,1-4H3. The molecule has 7 nitrogen and oxygen atoms in total. The van der Waals surface area contributed by atoms with Gasteiger partial charge in [-0.3, -0.25) is 0 Å². The van der Waals surface area contributed by atoms with Crippen molar-refractivity contribution in [3.05, 3.63) is 0 Å². The minimum absolute atomic E-state index is 0.248. The van der Waals surface area contributed by atoms with E-state index in [1.165, 1.54) is 0 Å². The van der Waals surface area contributed by atoms with Crippen molar-refractivity contribution in [2.45, 2.75) is 40.2 Å². The van der Waals surface area contributed by atoms with Crippen LogP contribution in [0.1, 0.15) is 34.1 Å². The summed E-state index contributed by atoms with van der Waals surface area (Å²) in [5.41, 5.74) is 0. The Morgan fingerprint density at radius 3 is 1.15 bits per heavy atom. The lowest BCUT2D eigenvalue weighted by molar-refractivity contribution is -0.0244. The van der Waals surface area contributed by atoms with E-state index >= 15 is 0 Å². The van der Waals surface area contributed by atoms with Crippen molar-refractivity contribution in [3.63, 3.8) is 0 Å². The van der Waals surface area contributed by atoms with Gasteiger partial charge in [0, 0.05) is 6.61 Å². The molecule has 0 bridgehead atoms. The Hall–Kier alpha value is -0.280. The normalized spacial score (nSPS) is 12.8. The largest absolute Gasteiger partial charge is 0.379 e. The summed E-state index contributed by atoms with van der Waals surface area (Å²) in [4.78, 5) is 0. The monoisotopic (exact) mass is 394 g/mol. The van der Waals surface area contributed by atoms with Gasteiger partial charge < -0.3 is 33.2 Å². The lowest BCUT2D eigenvalue weighted by atomic mass is 10.1. The van der Waals surface area contributed by atoms with Crippen molar-refractivity contribution in [2.24, 2.45) is 5.92 Å². The van der Waals surface area contributed by atoms with Gasteiger partial charge in [-0.2, -0.15) is 0 Å². The van der Waals surface area contributed by atoms with E-state index in [4.69, 9.17) is 33.2 Å². The van der Waals surface area contributed by atoms with E-state index in [9.17, 15) is 0 Å². The Kier molecular flexibility index (Phi) is 21.8. The third kappa shape index (κ3) is 23.7. The molecule has 0 amide bonds. The van der Waals surface area contributed by atoms with Gasteiger partial charge in [0.15, 0.2) is 0 Å². The average molecular weight is 395 g/mol. The van der Waals surface area contributed by atoms with Gasteiger partial charge in [-0.15, -0.1) is 0 Å². The second-order valence-electron chi connectivity index (χ2n) is 6.57. The topological polar surface area (TPSA) is 64.6 Å². The van der Waals surface area contributed by atoms with Gasteiger partial charge in [0.05, 0.1) is 85.4 Å². The molecule has 7 heteroatoms. The van der Waals surface area contributed by atoms with E-state index in [-0.39, 0.29) is 6.10 Å². The molecule has 0 aliphatic rings. The molecule has 0 aliphatic carbocycles. The van der Waals surface area contributed by atoms with Crippen molar-refractivity contribution in [1.82, 2.24) is 0 Å². The van der Waals surface area contributed by atoms with Crippen molar-refractivity contribution in [2.75, 3.05) is 85.9 Å². The van der Waals surface area contributed by atoms with Crippen molar-refractivity contribution in [1.29, 1.82) is 0 Å². The highest BCUT2D eigenvalue weighted by Crippen LogP contribution is 1.99. The lowest BCUT2D eigenvalue weighted by Crippen LogP contribution is -2.15. The van der Waals surface area contributed by atoms with Crippen LogP contribution in [0.15, 0.2) is 0 Å². The fourth-order valence-electron chi connectivity index (χ4n) is 1.84. The summed E-state index contributed by atoms with van der Waals surface area (Å²) in [7, 11) is 0. The number of rotatable bonds is 22. The molecular formula is C20H42O7. The minimum atomic E-state index is 0.248. The number of hydrogen-bond donors (Lipinski definition) is 0. The van der Waals surface area contributed by atoms with Crippen LogP contribution in [-0.4, -0.2) is 92.0 Å². The molecule has 0 N–H and O–H groups in total. The Morgan fingerprint density at radius 2 is 0.815 bits per heavy atom. The van der Waals surface area contributed by atoms with E-state index in [1.807, 2.05) is 13.8 Å². The van der Waals surface area contributed by atoms with Gasteiger partial charge in [0.2, 0.25) is 0 Å². The van der Waals surface area contributed by atoms with Crippen molar-refractivity contribution >= 4 is 0 Å². The van der Waals surface area contributed by atoms with Crippen LogP contribution in [0.3, 0.4) is 0 Å². The van der Waals surface area contributed by atoms with Gasteiger partial charge in [-0.25, -0.2) is 0 Å². The molecule has 0 aliphatic heterocycles. The van der Waals surface area contributed by atoms with Crippen LogP contribution in [0.2, 0.25) is 0 Å². The van der Waals surface area contributed by atoms with Crippen LogP contribution in [0.5, 0.6) is 0 Å². The molecule has 0 fully saturated rings. The minimum Gasteiger partial charge on any atom is -0.379 e. The second-order valence-corrected chi connectivity index (χ2v) is 6.57. The van der Waals surface area contributed by atoms with Gasteiger partial charge in [0.1, 0.15) is 0 Å². The molecule has 1 unspecified atom stereocenters. The second kappa shape index (κ2) is 22.0. The molecule has 0 aromatic heterocycles. The highest BCUT2D eigenvalue weighted by molar-refractivity contribution is 4.46. The molecule has 1 atom stereocenters. The number of hydrogen-bond acceptors (Lipinski definition) is 7. The van der Waals surface area contributed by atoms with Gasteiger partial charge in [-0.1, -0.05) is 20.3 Å². The van der Waals surface area contributed by atoms with Crippen LogP contribution in [-0.2, 0) is 33.2 Å². The van der Waals surface area contributed by atoms with Crippen molar-refractivity contribution < 1.29 is 33.2 Å². The third-order valence-corrected chi connectivity index (χ3v) is 3.64. The first-order chi connectivity index (χ1) is 13.2. The average Bonchev–Trinajstić information content (AvgIpc) is 2.65. The van der Waals surface area contributed by atoms with Crippen LogP contribution in [0.25, 0.3) is 0 Å². The zero-order valence-corrected chi connectivity index (χ0v) is 17.9. The fraction of sp³-hybridized carbons (Fsp3) is 1.00. The number of ether oxygens (including phenoxy) is 7. The maximum absolute atomic E-state index is 5.51. The zero-order valence-electron chi connectivity index (χ0n) is 17.9. The summed E-state index contributed by atoms with van der Waals surface area (Å²) in [6, 6.07) is 0. The fourth-order valence-corrected chi connectivity index (χ4v) is 1.84. The summed E-state index contributed by atoms with van der Waals surface area (Å²) in [6.45, 7) is 16.2. The summed E-state index contributed by atoms with van der Waals surface area (Å²) in [5.74, 6) is 0.613. The molecule has 164 valence electrons. The predicted molar refractivity (Wildman–Crippen MR) is 105 cm³/mol. The molecule has 0 saturated heterocycles. The van der Waals surface area contributed by atoms with Crippen LogP contribution < -0.4 is 0 Å². The van der Waals surface area contributed by atoms with Crippen LogP contribution >= 0.6 is 0 Å². The highest BCUT2D eigenvalue weighted by atomic mass is 16.6. The molecule has 0 aromatic rings. The van der Waals surface area contributed by atoms with Crippen molar-refractivity contribution in [3.8, 4) is 0 Å². The van der Waals surface area contributed by atoms with Crippen LogP contribution in [0.4, 0.5) is 0 Å². The molecule has 0 heterocycles. The molecule has 0 rings (SSSR count). The molecule has 0 saturated carbocycles. The maximum atomic E-state index is 5.51. The van der Waals surface area contributed by atoms with E-state index < -0.39 is 0 Å². The highest BCUT2D eigenvalue weighted by Gasteiger charge is 1.98. The zero-order chi connectivity index (χ0) is 20.0. The SMILES string of the molecule is CCC(C)COCCOCCOCCOCCOCCOCCOC(C)C. The van der Waals surface area contributed by atoms with E-state index in [2.05, 4.69) is 13.8 Å². The first kappa shape index (κ1) is 26.7. The molecule has 0 aromatic carbocycles. The van der Waals surface area contributed by atoms with E-state index in [0.717, 1.165) is 13.0 Å². The smallest absolute Gasteiger partial charge is 0.0703 e. The maximum Gasteiger partial charge on any atom is 0.0703 e. The third-order valence-electron chi connectivity index (χ3n) is 3.64. The molecule has 27 heavy (non-hydrogen) atoms. The van der Waals surface area contributed by atoms with Crippen LogP contribution in [0, 0.1) is 5.92 Å². The Bertz CT molecular complexity index is 277. The summed E-state index contributed by atoms with van der Waals surface area (Å²) in [5, 5.41) is 0. The Morgan fingerprint density at radius 1 is 0.481 bits per heavy atom. The quantitative estimate of drug-likeness (QED) is 0.262. The lowest BCUT2D eigenvalue weighted by Gasteiger charge is -2.10. The predicted octanol–water partition coefficient (Wildman–Crippen LogP) is 2.56. The van der Waals surface area contributed by atoms with E-state index in [0.29, 0.717) is 85.2 Å². The van der Waals surface area contributed by atoms with E-state index in [1.54, 1.807) is 0 Å². The first-order valence-electron chi connectivity index (χ1n) is 10.2. The van der Waals surface area contributed by atoms with Gasteiger partial charge in [0.25, 0.3) is 0 Å². The summed E-state index contributed by atoms with van der Waals surface area (Å²) >= 11 is 0. The summed E-state index contributed by atoms with van der Waals surface area (Å²) in [6.07, 6.45) is 1.39. The molecule has 0 radical (unpaired) electrons. The first-order valence-corrected chi connectivity index (χ1v) is 10.2. The molecular weight excluding hydrogens is 352 g/mol. The molecule has 0 spiro atoms.